The van der Waals surface area contributed by atoms with E-state index >= 15 is 0 Å². The number of aliphatic hydroxyl groups is 1. The van der Waals surface area contributed by atoms with Crippen LogP contribution in [-0.2, 0) is 0 Å². The molecule has 2 bridgehead atoms. The van der Waals surface area contributed by atoms with Crippen molar-refractivity contribution in [2.75, 3.05) is 0 Å². The minimum absolute atomic E-state index is 0.165. The van der Waals surface area contributed by atoms with E-state index in [2.05, 4.69) is 26.8 Å². The van der Waals surface area contributed by atoms with Crippen LogP contribution in [0.2, 0.25) is 0 Å². The minimum atomic E-state index is -0.747. The highest BCUT2D eigenvalue weighted by Gasteiger charge is 2.64. The quantitative estimate of drug-likeness (QED) is 0.778. The summed E-state index contributed by atoms with van der Waals surface area (Å²) in [7, 11) is 0. The van der Waals surface area contributed by atoms with Crippen molar-refractivity contribution in [1.29, 1.82) is 5.26 Å². The molecule has 0 aromatic rings. The average molecular weight is 261 g/mol. The Hall–Kier alpha value is -0.550. The third-order valence-electron chi connectivity index (χ3n) is 6.24. The summed E-state index contributed by atoms with van der Waals surface area (Å²) in [5.41, 5.74) is -1.03. The first-order valence-electron chi connectivity index (χ1n) is 7.94. The van der Waals surface area contributed by atoms with Crippen molar-refractivity contribution in [1.82, 2.24) is 0 Å². The van der Waals surface area contributed by atoms with Gasteiger partial charge in [0.15, 0.2) is 0 Å². The molecule has 0 amide bonds. The Kier molecular flexibility index (Phi) is 2.81. The van der Waals surface area contributed by atoms with Crippen molar-refractivity contribution in [3.05, 3.63) is 0 Å². The molecular weight excluding hydrogens is 234 g/mol. The molecule has 2 nitrogen and oxygen atoms in total. The molecule has 0 aromatic carbocycles. The maximum Gasteiger partial charge on any atom is 0.0891 e. The fraction of sp³-hybridized carbons (Fsp3) is 0.941. The van der Waals surface area contributed by atoms with E-state index in [4.69, 9.17) is 0 Å². The SMILES string of the molecule is CC1CC(C)(C)CC(O)(C2(C#N)CC3CCC2C3)C1. The third-order valence-corrected chi connectivity index (χ3v) is 6.24. The lowest BCUT2D eigenvalue weighted by atomic mass is 9.53. The minimum Gasteiger partial charge on any atom is -0.388 e. The predicted octanol–water partition coefficient (Wildman–Crippen LogP) is 3.89. The molecule has 5 unspecified atom stereocenters. The lowest BCUT2D eigenvalue weighted by Crippen LogP contribution is -2.56. The molecule has 3 saturated carbocycles. The van der Waals surface area contributed by atoms with Gasteiger partial charge in [0.25, 0.3) is 0 Å². The van der Waals surface area contributed by atoms with E-state index in [1.165, 1.54) is 19.3 Å². The fourth-order valence-electron chi connectivity index (χ4n) is 6.01. The van der Waals surface area contributed by atoms with Gasteiger partial charge < -0.3 is 5.11 Å². The average Bonchev–Trinajstić information content (AvgIpc) is 2.85. The highest BCUT2D eigenvalue weighted by Crippen LogP contribution is 2.64. The monoisotopic (exact) mass is 261 g/mol. The van der Waals surface area contributed by atoms with Crippen LogP contribution in [0.25, 0.3) is 0 Å². The maximum absolute atomic E-state index is 11.4. The number of hydrogen-bond donors (Lipinski definition) is 1. The fourth-order valence-corrected chi connectivity index (χ4v) is 6.01. The zero-order valence-corrected chi connectivity index (χ0v) is 12.6. The van der Waals surface area contributed by atoms with Crippen molar-refractivity contribution >= 4 is 0 Å². The highest BCUT2D eigenvalue weighted by atomic mass is 16.3. The van der Waals surface area contributed by atoms with E-state index in [0.29, 0.717) is 17.8 Å². The van der Waals surface area contributed by atoms with Gasteiger partial charge in [0.2, 0.25) is 0 Å². The first-order valence-corrected chi connectivity index (χ1v) is 7.94. The van der Waals surface area contributed by atoms with Crippen LogP contribution in [0.1, 0.15) is 65.7 Å². The van der Waals surface area contributed by atoms with Crippen LogP contribution in [0.4, 0.5) is 0 Å². The van der Waals surface area contributed by atoms with Crippen LogP contribution in [0.5, 0.6) is 0 Å². The number of nitrogens with zero attached hydrogens (tertiary/aromatic N) is 1. The topological polar surface area (TPSA) is 44.0 Å². The van der Waals surface area contributed by atoms with Crippen LogP contribution < -0.4 is 0 Å². The molecule has 0 spiro atoms. The first-order chi connectivity index (χ1) is 8.80. The van der Waals surface area contributed by atoms with Crippen molar-refractivity contribution in [3.8, 4) is 6.07 Å². The second-order valence-electron chi connectivity index (χ2n) is 8.55. The van der Waals surface area contributed by atoms with Crippen molar-refractivity contribution in [3.63, 3.8) is 0 Å². The summed E-state index contributed by atoms with van der Waals surface area (Å²) < 4.78 is 0. The molecule has 0 aromatic heterocycles. The second-order valence-corrected chi connectivity index (χ2v) is 8.55. The number of rotatable bonds is 1. The summed E-state index contributed by atoms with van der Waals surface area (Å²) >= 11 is 0. The van der Waals surface area contributed by atoms with Gasteiger partial charge in [0.05, 0.1) is 17.1 Å². The third kappa shape index (κ3) is 1.85. The molecule has 0 saturated heterocycles. The van der Waals surface area contributed by atoms with Crippen molar-refractivity contribution in [2.24, 2.45) is 28.6 Å². The highest BCUT2D eigenvalue weighted by molar-refractivity contribution is 5.21. The standard InChI is InChI=1S/C17H27NO/c1-12-7-15(2,3)10-17(19,8-12)16(11-18)9-13-4-5-14(16)6-13/h12-14,19H,4-10H2,1-3H3. The Bertz CT molecular complexity index is 423. The zero-order valence-electron chi connectivity index (χ0n) is 12.6. The Morgan fingerprint density at radius 1 is 1.16 bits per heavy atom. The van der Waals surface area contributed by atoms with Gasteiger partial charge in [-0.1, -0.05) is 27.2 Å². The summed E-state index contributed by atoms with van der Waals surface area (Å²) in [6.07, 6.45) is 7.38. The molecule has 0 radical (unpaired) electrons. The van der Waals surface area contributed by atoms with Gasteiger partial charge in [0, 0.05) is 0 Å². The molecule has 3 rings (SSSR count). The Morgan fingerprint density at radius 3 is 2.37 bits per heavy atom. The summed E-state index contributed by atoms with van der Waals surface area (Å²) in [5.74, 6) is 1.68. The normalized spacial score (nSPS) is 52.1. The van der Waals surface area contributed by atoms with Gasteiger partial charge in [-0.15, -0.1) is 0 Å². The molecule has 5 atom stereocenters. The maximum atomic E-state index is 11.4. The van der Waals surface area contributed by atoms with E-state index in [-0.39, 0.29) is 5.41 Å². The molecule has 2 heteroatoms. The number of nitriles is 1. The molecule has 1 N–H and O–H groups in total. The Morgan fingerprint density at radius 2 is 1.89 bits per heavy atom. The summed E-state index contributed by atoms with van der Waals surface area (Å²) in [6, 6.07) is 2.63. The summed E-state index contributed by atoms with van der Waals surface area (Å²) in [4.78, 5) is 0. The van der Waals surface area contributed by atoms with Gasteiger partial charge in [-0.05, 0) is 61.7 Å². The van der Waals surface area contributed by atoms with Crippen LogP contribution in [0.15, 0.2) is 0 Å². The molecular formula is C17H27NO. The van der Waals surface area contributed by atoms with Crippen LogP contribution in [0, 0.1) is 39.9 Å². The Balaban J connectivity index is 1.97. The second kappa shape index (κ2) is 3.98. The van der Waals surface area contributed by atoms with Crippen LogP contribution >= 0.6 is 0 Å². The molecule has 3 fully saturated rings. The van der Waals surface area contributed by atoms with E-state index in [1.807, 2.05) is 0 Å². The van der Waals surface area contributed by atoms with E-state index in [0.717, 1.165) is 25.7 Å². The zero-order chi connectivity index (χ0) is 13.9. The van der Waals surface area contributed by atoms with Gasteiger partial charge in [-0.3, -0.25) is 0 Å². The number of fused-ring (bicyclic) bond motifs is 2. The van der Waals surface area contributed by atoms with Crippen molar-refractivity contribution < 1.29 is 5.11 Å². The predicted molar refractivity (Wildman–Crippen MR) is 75.2 cm³/mol. The van der Waals surface area contributed by atoms with E-state index < -0.39 is 11.0 Å². The van der Waals surface area contributed by atoms with Gasteiger partial charge in [-0.25, -0.2) is 0 Å². The van der Waals surface area contributed by atoms with Gasteiger partial charge >= 0.3 is 0 Å². The van der Waals surface area contributed by atoms with E-state index in [9.17, 15) is 10.4 Å². The largest absolute Gasteiger partial charge is 0.388 e. The number of hydrogen-bond acceptors (Lipinski definition) is 2. The molecule has 19 heavy (non-hydrogen) atoms. The summed E-state index contributed by atoms with van der Waals surface area (Å²) in [5, 5.41) is 21.3. The first kappa shape index (κ1) is 13.4. The van der Waals surface area contributed by atoms with Crippen LogP contribution in [-0.4, -0.2) is 10.7 Å². The van der Waals surface area contributed by atoms with Crippen molar-refractivity contribution in [2.45, 2.75) is 71.3 Å². The lowest BCUT2D eigenvalue weighted by Gasteiger charge is -2.53. The van der Waals surface area contributed by atoms with Gasteiger partial charge in [0.1, 0.15) is 0 Å². The lowest BCUT2D eigenvalue weighted by molar-refractivity contribution is -0.143. The van der Waals surface area contributed by atoms with Gasteiger partial charge in [-0.2, -0.15) is 5.26 Å². The molecule has 0 heterocycles. The summed E-state index contributed by atoms with van der Waals surface area (Å²) in [6.45, 7) is 6.75. The smallest absolute Gasteiger partial charge is 0.0891 e. The molecule has 0 aliphatic heterocycles. The molecule has 106 valence electrons. The Labute approximate surface area is 117 Å². The molecule has 3 aliphatic rings. The molecule has 3 aliphatic carbocycles. The van der Waals surface area contributed by atoms with Crippen LogP contribution in [0.3, 0.4) is 0 Å². The van der Waals surface area contributed by atoms with E-state index in [1.54, 1.807) is 0 Å².